The zero-order valence-electron chi connectivity index (χ0n) is 13.5. The molecule has 0 aliphatic carbocycles. The Kier molecular flexibility index (Phi) is 5.08. The Balaban J connectivity index is 1.67. The van der Waals surface area contributed by atoms with Gasteiger partial charge in [0.2, 0.25) is 0 Å². The van der Waals surface area contributed by atoms with Crippen molar-refractivity contribution >= 4 is 11.6 Å². The van der Waals surface area contributed by atoms with Crippen molar-refractivity contribution in [1.29, 1.82) is 0 Å². The maximum absolute atomic E-state index is 6.07. The van der Waals surface area contributed by atoms with Gasteiger partial charge in [-0.15, -0.1) is 5.10 Å². The summed E-state index contributed by atoms with van der Waals surface area (Å²) in [5.41, 5.74) is 3.13. The lowest BCUT2D eigenvalue weighted by molar-refractivity contribution is 0.406. The minimum atomic E-state index is 0.177. The van der Waals surface area contributed by atoms with Crippen LogP contribution in [0.2, 0.25) is 5.02 Å². The average molecular weight is 344 g/mol. The van der Waals surface area contributed by atoms with E-state index >= 15 is 0 Å². The summed E-state index contributed by atoms with van der Waals surface area (Å²) in [6, 6.07) is 13.9. The molecule has 1 N–H and O–H groups in total. The molecule has 0 fully saturated rings. The Bertz CT molecular complexity index is 789. The Morgan fingerprint density at radius 2 is 2.00 bits per heavy atom. The Morgan fingerprint density at radius 1 is 1.21 bits per heavy atom. The van der Waals surface area contributed by atoms with Gasteiger partial charge in [-0.3, -0.25) is 0 Å². The maximum atomic E-state index is 6.07. The number of nitrogens with zero attached hydrogens (tertiary/aromatic N) is 4. The fourth-order valence-corrected chi connectivity index (χ4v) is 2.66. The molecule has 0 amide bonds. The summed E-state index contributed by atoms with van der Waals surface area (Å²) in [7, 11) is 1.66. The van der Waals surface area contributed by atoms with Crippen LogP contribution in [0.15, 0.2) is 48.8 Å². The van der Waals surface area contributed by atoms with Crippen LogP contribution in [0.5, 0.6) is 5.75 Å². The highest BCUT2D eigenvalue weighted by Crippen LogP contribution is 2.23. The van der Waals surface area contributed by atoms with E-state index in [1.807, 2.05) is 30.3 Å². The summed E-state index contributed by atoms with van der Waals surface area (Å²) in [6.07, 6.45) is 1.57. The van der Waals surface area contributed by atoms with Crippen LogP contribution in [0, 0.1) is 0 Å². The Labute approximate surface area is 145 Å². The van der Waals surface area contributed by atoms with Gasteiger partial charge in [0.1, 0.15) is 12.1 Å². The van der Waals surface area contributed by atoms with E-state index in [9.17, 15) is 0 Å². The number of methoxy groups -OCH3 is 1. The van der Waals surface area contributed by atoms with Crippen LogP contribution in [0.25, 0.3) is 5.69 Å². The molecule has 3 aromatic rings. The molecule has 2 aromatic carbocycles. The van der Waals surface area contributed by atoms with Crippen molar-refractivity contribution in [3.8, 4) is 11.4 Å². The highest BCUT2D eigenvalue weighted by atomic mass is 35.5. The van der Waals surface area contributed by atoms with Gasteiger partial charge in [-0.05, 0) is 53.2 Å². The van der Waals surface area contributed by atoms with Crippen molar-refractivity contribution in [2.45, 2.75) is 19.5 Å². The zero-order valence-corrected chi connectivity index (χ0v) is 14.2. The van der Waals surface area contributed by atoms with Crippen LogP contribution >= 0.6 is 11.6 Å². The molecule has 0 aliphatic rings. The molecular formula is C17H18ClN5O. The van der Waals surface area contributed by atoms with Gasteiger partial charge in [0.05, 0.1) is 12.8 Å². The molecule has 0 aliphatic heterocycles. The first-order valence-electron chi connectivity index (χ1n) is 7.56. The minimum absolute atomic E-state index is 0.177. The third kappa shape index (κ3) is 3.72. The lowest BCUT2D eigenvalue weighted by Crippen LogP contribution is -2.18. The first kappa shape index (κ1) is 16.4. The molecule has 1 atom stereocenters. The number of halogens is 1. The summed E-state index contributed by atoms with van der Waals surface area (Å²) < 4.78 is 7.00. The van der Waals surface area contributed by atoms with Gasteiger partial charge in [-0.1, -0.05) is 23.7 Å². The molecule has 7 heteroatoms. The van der Waals surface area contributed by atoms with E-state index in [2.05, 4.69) is 39.9 Å². The number of aromatic nitrogens is 4. The highest BCUT2D eigenvalue weighted by Gasteiger charge is 2.09. The molecular weight excluding hydrogens is 326 g/mol. The smallest absolute Gasteiger partial charge is 0.143 e. The van der Waals surface area contributed by atoms with E-state index in [0.717, 1.165) is 17.0 Å². The fourth-order valence-electron chi connectivity index (χ4n) is 2.46. The third-order valence-corrected chi connectivity index (χ3v) is 4.08. The first-order valence-corrected chi connectivity index (χ1v) is 7.94. The second-order valence-electron chi connectivity index (χ2n) is 5.40. The average Bonchev–Trinajstić information content (AvgIpc) is 3.14. The molecule has 1 aromatic heterocycles. The second-order valence-corrected chi connectivity index (χ2v) is 5.84. The quantitative estimate of drug-likeness (QED) is 0.744. The van der Waals surface area contributed by atoms with Gasteiger partial charge >= 0.3 is 0 Å². The maximum Gasteiger partial charge on any atom is 0.143 e. The molecule has 3 rings (SSSR count). The van der Waals surface area contributed by atoms with Crippen molar-refractivity contribution in [3.63, 3.8) is 0 Å². The summed E-state index contributed by atoms with van der Waals surface area (Å²) in [5, 5.41) is 15.3. The summed E-state index contributed by atoms with van der Waals surface area (Å²) in [6.45, 7) is 2.78. The topological polar surface area (TPSA) is 64.9 Å². The molecule has 0 saturated heterocycles. The fraction of sp³-hybridized carbons (Fsp3) is 0.235. The van der Waals surface area contributed by atoms with E-state index in [0.29, 0.717) is 11.6 Å². The molecule has 124 valence electrons. The van der Waals surface area contributed by atoms with Crippen LogP contribution in [0.3, 0.4) is 0 Å². The SMILES string of the molecule is COc1ccc(Cl)cc1CN[C@@H](C)c1ccc(-n2cnnn2)cc1. The lowest BCUT2D eigenvalue weighted by Gasteiger charge is -2.16. The van der Waals surface area contributed by atoms with Gasteiger partial charge < -0.3 is 10.1 Å². The molecule has 24 heavy (non-hydrogen) atoms. The van der Waals surface area contributed by atoms with E-state index in [1.54, 1.807) is 18.1 Å². The van der Waals surface area contributed by atoms with Crippen LogP contribution in [0.4, 0.5) is 0 Å². The Morgan fingerprint density at radius 3 is 2.67 bits per heavy atom. The van der Waals surface area contributed by atoms with Gasteiger partial charge in [0.25, 0.3) is 0 Å². The predicted octanol–water partition coefficient (Wildman–Crippen LogP) is 3.18. The number of hydrogen-bond donors (Lipinski definition) is 1. The van der Waals surface area contributed by atoms with Gasteiger partial charge in [0.15, 0.2) is 0 Å². The van der Waals surface area contributed by atoms with Crippen molar-refractivity contribution < 1.29 is 4.74 Å². The van der Waals surface area contributed by atoms with Crippen molar-refractivity contribution in [3.05, 3.63) is 64.9 Å². The number of rotatable bonds is 6. The number of hydrogen-bond acceptors (Lipinski definition) is 5. The molecule has 0 saturated carbocycles. The zero-order chi connectivity index (χ0) is 16.9. The number of ether oxygens (including phenoxy) is 1. The summed E-state index contributed by atoms with van der Waals surface area (Å²) in [4.78, 5) is 0. The van der Waals surface area contributed by atoms with Crippen molar-refractivity contribution in [2.75, 3.05) is 7.11 Å². The van der Waals surface area contributed by atoms with E-state index in [4.69, 9.17) is 16.3 Å². The standard InChI is InChI=1S/C17H18ClN5O/c1-12(19-10-14-9-15(18)5-8-17(14)24-2)13-3-6-16(7-4-13)23-11-20-21-22-23/h3-9,11-12,19H,10H2,1-2H3/t12-/m0/s1. The van der Waals surface area contributed by atoms with Gasteiger partial charge in [0, 0.05) is 23.2 Å². The minimum Gasteiger partial charge on any atom is -0.496 e. The molecule has 0 radical (unpaired) electrons. The summed E-state index contributed by atoms with van der Waals surface area (Å²) in [5.74, 6) is 0.827. The number of tetrazole rings is 1. The first-order chi connectivity index (χ1) is 11.7. The lowest BCUT2D eigenvalue weighted by atomic mass is 10.1. The van der Waals surface area contributed by atoms with Crippen LogP contribution in [-0.2, 0) is 6.54 Å². The van der Waals surface area contributed by atoms with Gasteiger partial charge in [-0.2, -0.15) is 0 Å². The van der Waals surface area contributed by atoms with Crippen LogP contribution in [0.1, 0.15) is 24.1 Å². The number of benzene rings is 2. The molecule has 0 unspecified atom stereocenters. The largest absolute Gasteiger partial charge is 0.496 e. The second kappa shape index (κ2) is 7.42. The van der Waals surface area contributed by atoms with Crippen LogP contribution in [-0.4, -0.2) is 27.3 Å². The van der Waals surface area contributed by atoms with Crippen molar-refractivity contribution in [1.82, 2.24) is 25.5 Å². The highest BCUT2D eigenvalue weighted by molar-refractivity contribution is 6.30. The normalized spacial score (nSPS) is 12.1. The van der Waals surface area contributed by atoms with Gasteiger partial charge in [-0.25, -0.2) is 4.68 Å². The third-order valence-electron chi connectivity index (χ3n) is 3.85. The molecule has 0 spiro atoms. The Hall–Kier alpha value is -2.44. The molecule has 0 bridgehead atoms. The van der Waals surface area contributed by atoms with E-state index in [1.165, 1.54) is 5.56 Å². The monoisotopic (exact) mass is 343 g/mol. The molecule has 1 heterocycles. The predicted molar refractivity (Wildman–Crippen MR) is 92.4 cm³/mol. The van der Waals surface area contributed by atoms with Crippen LogP contribution < -0.4 is 10.1 Å². The van der Waals surface area contributed by atoms with E-state index in [-0.39, 0.29) is 6.04 Å². The molecule has 6 nitrogen and oxygen atoms in total. The summed E-state index contributed by atoms with van der Waals surface area (Å²) >= 11 is 6.07. The van der Waals surface area contributed by atoms with Crippen molar-refractivity contribution in [2.24, 2.45) is 0 Å². The number of nitrogens with one attached hydrogen (secondary N) is 1. The van der Waals surface area contributed by atoms with E-state index < -0.39 is 0 Å².